The lowest BCUT2D eigenvalue weighted by Crippen LogP contribution is -2.16. The highest BCUT2D eigenvalue weighted by molar-refractivity contribution is 9.10. The average Bonchev–Trinajstić information content (AvgIpc) is 2.89. The predicted molar refractivity (Wildman–Crippen MR) is 78.7 cm³/mol. The van der Waals surface area contributed by atoms with Crippen LogP contribution in [0.4, 0.5) is 0 Å². The maximum Gasteiger partial charge on any atom is 0.118 e. The van der Waals surface area contributed by atoms with Crippen molar-refractivity contribution in [2.75, 3.05) is 14.1 Å². The van der Waals surface area contributed by atoms with Crippen LogP contribution >= 0.6 is 27.3 Å². The summed E-state index contributed by atoms with van der Waals surface area (Å²) >= 11 is 5.25. The largest absolute Gasteiger partial charge is 0.468 e. The van der Waals surface area contributed by atoms with Crippen LogP contribution in [0.5, 0.6) is 0 Å². The monoisotopic (exact) mass is 328 g/mol. The molecule has 0 aliphatic rings. The normalized spacial score (nSPS) is 11.3. The quantitative estimate of drug-likeness (QED) is 0.880. The second-order valence-electron chi connectivity index (χ2n) is 4.36. The van der Waals surface area contributed by atoms with E-state index >= 15 is 0 Å². The average molecular weight is 329 g/mol. The summed E-state index contributed by atoms with van der Waals surface area (Å²) in [7, 11) is 4.04. The van der Waals surface area contributed by atoms with Crippen molar-refractivity contribution in [2.45, 2.75) is 19.6 Å². The van der Waals surface area contributed by atoms with E-state index in [4.69, 9.17) is 4.42 Å². The third-order valence-corrected chi connectivity index (χ3v) is 4.24. The molecular weight excluding hydrogens is 312 g/mol. The molecule has 0 aliphatic carbocycles. The minimum absolute atomic E-state index is 0.833. The van der Waals surface area contributed by atoms with E-state index in [1.807, 2.05) is 13.3 Å². The topological polar surface area (TPSA) is 28.4 Å². The Hall–Kier alpha value is -0.620. The molecule has 0 atom stereocenters. The molecule has 0 fully saturated rings. The minimum atomic E-state index is 0.833. The lowest BCUT2D eigenvalue weighted by Gasteiger charge is -2.13. The van der Waals surface area contributed by atoms with E-state index in [9.17, 15) is 0 Å². The summed E-state index contributed by atoms with van der Waals surface area (Å²) in [6.45, 7) is 2.63. The Kier molecular flexibility index (Phi) is 5.00. The molecule has 5 heteroatoms. The molecule has 2 rings (SSSR count). The van der Waals surface area contributed by atoms with Gasteiger partial charge in [0.15, 0.2) is 0 Å². The molecule has 0 aliphatic heterocycles. The number of nitrogens with zero attached hydrogens (tertiary/aromatic N) is 1. The fraction of sp³-hybridized carbons (Fsp3) is 0.385. The van der Waals surface area contributed by atoms with Crippen LogP contribution in [0, 0.1) is 0 Å². The number of nitrogens with one attached hydrogen (secondary N) is 1. The van der Waals surface area contributed by atoms with Crippen LogP contribution in [0.3, 0.4) is 0 Å². The molecule has 0 spiro atoms. The lowest BCUT2D eigenvalue weighted by molar-refractivity contribution is 0.290. The Morgan fingerprint density at radius 3 is 2.89 bits per heavy atom. The van der Waals surface area contributed by atoms with Crippen LogP contribution in [0.1, 0.15) is 16.2 Å². The first kappa shape index (κ1) is 13.8. The Morgan fingerprint density at radius 1 is 1.39 bits per heavy atom. The summed E-state index contributed by atoms with van der Waals surface area (Å²) < 4.78 is 6.70. The van der Waals surface area contributed by atoms with E-state index in [1.165, 1.54) is 10.4 Å². The van der Waals surface area contributed by atoms with E-state index in [2.05, 4.69) is 50.7 Å². The van der Waals surface area contributed by atoms with Crippen molar-refractivity contribution in [2.24, 2.45) is 0 Å². The van der Waals surface area contributed by atoms with Crippen LogP contribution in [-0.2, 0) is 19.6 Å². The standard InChI is InChI=1S/C13H17BrN2OS/c1-15-5-10-3-12(17-8-10)6-16(2)7-13-4-11(14)9-18-13/h3-4,8-9,15H,5-7H2,1-2H3. The summed E-state index contributed by atoms with van der Waals surface area (Å²) in [4.78, 5) is 3.60. The zero-order chi connectivity index (χ0) is 13.0. The van der Waals surface area contributed by atoms with Crippen LogP contribution in [0.25, 0.3) is 0 Å². The summed E-state index contributed by atoms with van der Waals surface area (Å²) in [5, 5.41) is 5.23. The molecule has 18 heavy (non-hydrogen) atoms. The van der Waals surface area contributed by atoms with Crippen molar-refractivity contribution >= 4 is 27.3 Å². The van der Waals surface area contributed by atoms with Gasteiger partial charge in [-0.05, 0) is 42.2 Å². The maximum atomic E-state index is 5.54. The third kappa shape index (κ3) is 3.95. The fourth-order valence-corrected chi connectivity index (χ4v) is 3.36. The van der Waals surface area contributed by atoms with Gasteiger partial charge in [0.2, 0.25) is 0 Å². The van der Waals surface area contributed by atoms with E-state index < -0.39 is 0 Å². The molecule has 0 saturated carbocycles. The first-order valence-electron chi connectivity index (χ1n) is 5.79. The molecule has 0 aromatic carbocycles. The fourth-order valence-electron chi connectivity index (χ4n) is 1.83. The molecule has 2 heterocycles. The van der Waals surface area contributed by atoms with Crippen molar-refractivity contribution in [3.8, 4) is 0 Å². The summed E-state index contributed by atoms with van der Waals surface area (Å²) in [5.41, 5.74) is 1.19. The van der Waals surface area contributed by atoms with Crippen molar-refractivity contribution in [3.63, 3.8) is 0 Å². The van der Waals surface area contributed by atoms with E-state index in [0.717, 1.165) is 29.9 Å². The van der Waals surface area contributed by atoms with Gasteiger partial charge < -0.3 is 9.73 Å². The van der Waals surface area contributed by atoms with Crippen LogP contribution in [0.2, 0.25) is 0 Å². The Bertz CT molecular complexity index is 495. The first-order chi connectivity index (χ1) is 8.67. The van der Waals surface area contributed by atoms with Gasteiger partial charge >= 0.3 is 0 Å². The predicted octanol–water partition coefficient (Wildman–Crippen LogP) is 3.46. The van der Waals surface area contributed by atoms with Gasteiger partial charge in [0.05, 0.1) is 12.8 Å². The molecule has 98 valence electrons. The highest BCUT2D eigenvalue weighted by Gasteiger charge is 2.07. The van der Waals surface area contributed by atoms with Crippen molar-refractivity contribution < 1.29 is 4.42 Å². The zero-order valence-electron chi connectivity index (χ0n) is 10.6. The van der Waals surface area contributed by atoms with Gasteiger partial charge in [0, 0.05) is 33.4 Å². The van der Waals surface area contributed by atoms with Gasteiger partial charge in [0.25, 0.3) is 0 Å². The number of thiophene rings is 1. The van der Waals surface area contributed by atoms with E-state index in [1.54, 1.807) is 11.3 Å². The summed E-state index contributed by atoms with van der Waals surface area (Å²) in [5.74, 6) is 1.01. The van der Waals surface area contributed by atoms with Gasteiger partial charge in [-0.1, -0.05) is 0 Å². The molecule has 0 radical (unpaired) electrons. The first-order valence-corrected chi connectivity index (χ1v) is 7.47. The molecule has 0 unspecified atom stereocenters. The smallest absolute Gasteiger partial charge is 0.118 e. The molecular formula is C13H17BrN2OS. The number of halogens is 1. The molecule has 0 saturated heterocycles. The summed E-state index contributed by atoms with van der Waals surface area (Å²) in [6, 6.07) is 4.27. The molecule has 1 N–H and O–H groups in total. The second kappa shape index (κ2) is 6.52. The molecule has 2 aromatic rings. The highest BCUT2D eigenvalue weighted by atomic mass is 79.9. The van der Waals surface area contributed by atoms with Crippen LogP contribution in [-0.4, -0.2) is 19.0 Å². The van der Waals surface area contributed by atoms with Gasteiger partial charge in [-0.25, -0.2) is 0 Å². The van der Waals surface area contributed by atoms with Gasteiger partial charge in [0.1, 0.15) is 5.76 Å². The Balaban J connectivity index is 1.88. The number of hydrogen-bond acceptors (Lipinski definition) is 4. The molecule has 0 bridgehead atoms. The molecule has 3 nitrogen and oxygen atoms in total. The lowest BCUT2D eigenvalue weighted by atomic mass is 10.3. The molecule has 0 amide bonds. The third-order valence-electron chi connectivity index (χ3n) is 2.56. The van der Waals surface area contributed by atoms with Crippen LogP contribution in [0.15, 0.2) is 32.7 Å². The van der Waals surface area contributed by atoms with Gasteiger partial charge in [-0.2, -0.15) is 0 Å². The number of rotatable bonds is 6. The van der Waals surface area contributed by atoms with E-state index in [0.29, 0.717) is 0 Å². The van der Waals surface area contributed by atoms with Gasteiger partial charge in [-0.3, -0.25) is 4.90 Å². The van der Waals surface area contributed by atoms with E-state index in [-0.39, 0.29) is 0 Å². The maximum absolute atomic E-state index is 5.54. The van der Waals surface area contributed by atoms with Crippen LogP contribution < -0.4 is 5.32 Å². The highest BCUT2D eigenvalue weighted by Crippen LogP contribution is 2.21. The minimum Gasteiger partial charge on any atom is -0.468 e. The Labute approximate surface area is 120 Å². The van der Waals surface area contributed by atoms with Crippen molar-refractivity contribution in [1.29, 1.82) is 0 Å². The Morgan fingerprint density at radius 2 is 2.22 bits per heavy atom. The van der Waals surface area contributed by atoms with Crippen molar-refractivity contribution in [1.82, 2.24) is 10.2 Å². The number of furan rings is 1. The second-order valence-corrected chi connectivity index (χ2v) is 6.27. The number of hydrogen-bond donors (Lipinski definition) is 1. The zero-order valence-corrected chi connectivity index (χ0v) is 13.0. The van der Waals surface area contributed by atoms with Gasteiger partial charge in [-0.15, -0.1) is 11.3 Å². The van der Waals surface area contributed by atoms with Crippen molar-refractivity contribution in [3.05, 3.63) is 44.4 Å². The SMILES string of the molecule is CNCc1coc(CN(C)Cc2cc(Br)cs2)c1. The molecule has 2 aromatic heterocycles. The summed E-state index contributed by atoms with van der Waals surface area (Å²) in [6.07, 6.45) is 1.82.